The Morgan fingerprint density at radius 2 is 2.10 bits per heavy atom. The predicted octanol–water partition coefficient (Wildman–Crippen LogP) is 1.84. The van der Waals surface area contributed by atoms with E-state index in [0.29, 0.717) is 27.1 Å². The van der Waals surface area contributed by atoms with Crippen molar-refractivity contribution >= 4 is 39.2 Å². The third-order valence-electron chi connectivity index (χ3n) is 4.25. The minimum absolute atomic E-state index is 0.0344. The molecule has 0 aliphatic carbocycles. The number of rotatable bonds is 4. The maximum atomic E-state index is 9.43. The Balaban J connectivity index is 2.24. The second-order valence-electron chi connectivity index (χ2n) is 5.92. The second-order valence-corrected chi connectivity index (χ2v) is 6.77. The molecule has 2 aromatic rings. The molecule has 1 aromatic carbocycles. The molecule has 0 amide bonds. The molecule has 0 bridgehead atoms. The van der Waals surface area contributed by atoms with E-state index in [9.17, 15) is 5.26 Å². The van der Waals surface area contributed by atoms with E-state index in [1.54, 1.807) is 18.3 Å². The van der Waals surface area contributed by atoms with E-state index in [2.05, 4.69) is 42.5 Å². The van der Waals surface area contributed by atoms with E-state index in [4.69, 9.17) is 32.6 Å². The van der Waals surface area contributed by atoms with E-state index >= 15 is 0 Å². The average molecular weight is 467 g/mol. The van der Waals surface area contributed by atoms with Gasteiger partial charge >= 0.3 is 0 Å². The Labute approximate surface area is 180 Å². The number of benzene rings is 1. The highest BCUT2D eigenvalue weighted by atomic mass is 79.9. The molecule has 2 heterocycles. The molecule has 1 unspecified atom stereocenters. The van der Waals surface area contributed by atoms with Crippen LogP contribution in [0.5, 0.6) is 11.5 Å². The summed E-state index contributed by atoms with van der Waals surface area (Å²) in [7, 11) is 1.49. The molecule has 11 heteroatoms. The standard InChI is InChI=1S/C19H15BrN8O2/c1-3-4-30-13-6-11(20)9(5-12(13)29-2)16-14-15(23)10(7-21)17(24)27-18(14)28-19(26-16)25-8-22/h1,5-6,16H,4H2,2H3,(H6,23,24,25,26,27,28). The maximum absolute atomic E-state index is 9.43. The fraction of sp³-hybridized carbons (Fsp3) is 0.158. The van der Waals surface area contributed by atoms with Crippen molar-refractivity contribution in [2.45, 2.75) is 6.04 Å². The summed E-state index contributed by atoms with van der Waals surface area (Å²) in [5, 5.41) is 23.7. The Bertz CT molecular complexity index is 1170. The van der Waals surface area contributed by atoms with Crippen molar-refractivity contribution < 1.29 is 9.47 Å². The number of methoxy groups -OCH3 is 1. The number of nitrogen functional groups attached to an aromatic ring is 2. The van der Waals surface area contributed by atoms with Crippen LogP contribution in [-0.2, 0) is 0 Å². The number of halogens is 1. The van der Waals surface area contributed by atoms with Gasteiger partial charge in [0.1, 0.15) is 35.9 Å². The van der Waals surface area contributed by atoms with Crippen LogP contribution in [0.1, 0.15) is 22.7 Å². The van der Waals surface area contributed by atoms with Crippen LogP contribution in [0.3, 0.4) is 0 Å². The number of fused-ring (bicyclic) bond motifs is 1. The van der Waals surface area contributed by atoms with Gasteiger partial charge in [0, 0.05) is 10.0 Å². The molecule has 1 atom stereocenters. The van der Waals surface area contributed by atoms with Crippen LogP contribution in [0.4, 0.5) is 17.3 Å². The van der Waals surface area contributed by atoms with E-state index in [0.717, 1.165) is 0 Å². The summed E-state index contributed by atoms with van der Waals surface area (Å²) in [6.45, 7) is 0.0639. The number of ether oxygens (including phenoxy) is 2. The minimum Gasteiger partial charge on any atom is -0.493 e. The summed E-state index contributed by atoms with van der Waals surface area (Å²) in [5.74, 6) is 3.62. The molecule has 3 rings (SSSR count). The highest BCUT2D eigenvalue weighted by Crippen LogP contribution is 2.45. The van der Waals surface area contributed by atoms with Gasteiger partial charge in [-0.15, -0.1) is 6.42 Å². The minimum atomic E-state index is -0.734. The van der Waals surface area contributed by atoms with Gasteiger partial charge in [0.15, 0.2) is 17.7 Å². The first-order valence-electron chi connectivity index (χ1n) is 8.37. The summed E-state index contributed by atoms with van der Waals surface area (Å²) >= 11 is 3.51. The second kappa shape index (κ2) is 8.48. The van der Waals surface area contributed by atoms with Crippen molar-refractivity contribution in [2.75, 3.05) is 30.5 Å². The average Bonchev–Trinajstić information content (AvgIpc) is 2.72. The molecular formula is C19H15BrN8O2. The lowest BCUT2D eigenvalue weighted by Crippen LogP contribution is -2.32. The molecule has 6 N–H and O–H groups in total. The Hall–Kier alpha value is -4.14. The number of terminal acetylenes is 1. The molecule has 30 heavy (non-hydrogen) atoms. The number of aromatic nitrogens is 1. The topological polar surface area (TPSA) is 167 Å². The van der Waals surface area contributed by atoms with Crippen LogP contribution in [-0.4, -0.2) is 24.7 Å². The van der Waals surface area contributed by atoms with Crippen molar-refractivity contribution in [1.82, 2.24) is 10.3 Å². The number of nitriles is 2. The molecule has 150 valence electrons. The number of nitrogens with zero attached hydrogens (tertiary/aromatic N) is 4. The monoisotopic (exact) mass is 466 g/mol. The van der Waals surface area contributed by atoms with Gasteiger partial charge in [0.25, 0.3) is 0 Å². The fourth-order valence-electron chi connectivity index (χ4n) is 2.96. The van der Waals surface area contributed by atoms with Crippen molar-refractivity contribution in [3.05, 3.63) is 33.3 Å². The van der Waals surface area contributed by atoms with E-state index in [1.807, 2.05) is 6.07 Å². The number of guanidine groups is 1. The highest BCUT2D eigenvalue weighted by Gasteiger charge is 2.31. The first kappa shape index (κ1) is 20.6. The lowest BCUT2D eigenvalue weighted by Gasteiger charge is -2.27. The van der Waals surface area contributed by atoms with Crippen LogP contribution in [0, 0.1) is 35.1 Å². The fourth-order valence-corrected chi connectivity index (χ4v) is 3.50. The number of hydrogen-bond acceptors (Lipinski definition) is 10. The van der Waals surface area contributed by atoms with Crippen molar-refractivity contribution in [3.8, 4) is 36.1 Å². The Morgan fingerprint density at radius 3 is 2.73 bits per heavy atom. The van der Waals surface area contributed by atoms with Crippen LogP contribution >= 0.6 is 15.9 Å². The van der Waals surface area contributed by atoms with E-state index in [-0.39, 0.29) is 35.5 Å². The molecule has 0 spiro atoms. The summed E-state index contributed by atoms with van der Waals surface area (Å²) in [6, 6.07) is 4.61. The number of nitrogens with one attached hydrogen (secondary N) is 2. The predicted molar refractivity (Wildman–Crippen MR) is 114 cm³/mol. The first-order chi connectivity index (χ1) is 14.4. The molecule has 0 fully saturated rings. The summed E-state index contributed by atoms with van der Waals surface area (Å²) in [4.78, 5) is 8.74. The lowest BCUT2D eigenvalue weighted by molar-refractivity contribution is 0.330. The summed E-state index contributed by atoms with van der Waals surface area (Å²) in [6.07, 6.45) is 7.06. The smallest absolute Gasteiger partial charge is 0.211 e. The van der Waals surface area contributed by atoms with Gasteiger partial charge in [0.2, 0.25) is 5.96 Å². The molecule has 10 nitrogen and oxygen atoms in total. The van der Waals surface area contributed by atoms with Crippen LogP contribution in [0.25, 0.3) is 0 Å². The van der Waals surface area contributed by atoms with Gasteiger partial charge in [0.05, 0.1) is 12.8 Å². The number of anilines is 3. The van der Waals surface area contributed by atoms with Gasteiger partial charge in [-0.1, -0.05) is 21.9 Å². The Morgan fingerprint density at radius 1 is 1.33 bits per heavy atom. The summed E-state index contributed by atoms with van der Waals surface area (Å²) < 4.78 is 11.5. The summed E-state index contributed by atoms with van der Waals surface area (Å²) in [5.41, 5.74) is 13.4. The zero-order valence-corrected chi connectivity index (χ0v) is 17.2. The first-order valence-corrected chi connectivity index (χ1v) is 9.17. The van der Waals surface area contributed by atoms with Crippen molar-refractivity contribution in [3.63, 3.8) is 0 Å². The van der Waals surface area contributed by atoms with Crippen LogP contribution in [0.2, 0.25) is 0 Å². The molecule has 0 saturated carbocycles. The largest absolute Gasteiger partial charge is 0.493 e. The van der Waals surface area contributed by atoms with E-state index < -0.39 is 6.04 Å². The Kier molecular flexibility index (Phi) is 5.82. The zero-order chi connectivity index (χ0) is 21.8. The van der Waals surface area contributed by atoms with Gasteiger partial charge in [-0.05, 0) is 17.7 Å². The third-order valence-corrected chi connectivity index (χ3v) is 4.93. The number of hydrogen-bond donors (Lipinski definition) is 4. The van der Waals surface area contributed by atoms with Gasteiger partial charge < -0.3 is 26.3 Å². The van der Waals surface area contributed by atoms with Gasteiger partial charge in [-0.3, -0.25) is 5.32 Å². The van der Waals surface area contributed by atoms with Crippen LogP contribution < -0.4 is 31.6 Å². The molecule has 1 aliphatic heterocycles. The SMILES string of the molecule is C#CCOc1cc(Br)c(C2N=C(NC#N)Nc3nc(N)c(C#N)c(N)c32)cc1OC. The number of aliphatic imine (C=N–C) groups is 1. The quantitative estimate of drug-likeness (QED) is 0.298. The lowest BCUT2D eigenvalue weighted by atomic mass is 9.95. The van der Waals surface area contributed by atoms with Crippen LogP contribution in [0.15, 0.2) is 21.6 Å². The van der Waals surface area contributed by atoms with Gasteiger partial charge in [-0.2, -0.15) is 10.5 Å². The number of nitrogens with two attached hydrogens (primary N) is 2. The molecule has 0 radical (unpaired) electrons. The van der Waals surface area contributed by atoms with Crippen molar-refractivity contribution in [1.29, 1.82) is 10.5 Å². The highest BCUT2D eigenvalue weighted by molar-refractivity contribution is 9.10. The number of pyridine rings is 1. The van der Waals surface area contributed by atoms with E-state index in [1.165, 1.54) is 7.11 Å². The van der Waals surface area contributed by atoms with Gasteiger partial charge in [-0.25, -0.2) is 9.98 Å². The molecule has 0 saturated heterocycles. The molecular weight excluding hydrogens is 452 g/mol. The normalized spacial score (nSPS) is 14.1. The third kappa shape index (κ3) is 3.60. The van der Waals surface area contributed by atoms with Crippen molar-refractivity contribution in [2.24, 2.45) is 4.99 Å². The zero-order valence-electron chi connectivity index (χ0n) is 15.7. The molecule has 1 aromatic heterocycles. The molecule has 1 aliphatic rings. The maximum Gasteiger partial charge on any atom is 0.211 e.